The van der Waals surface area contributed by atoms with E-state index in [0.717, 1.165) is 11.3 Å². The van der Waals surface area contributed by atoms with E-state index in [1.807, 2.05) is 70.2 Å². The van der Waals surface area contributed by atoms with Crippen LogP contribution in [0.2, 0.25) is 0 Å². The zero-order chi connectivity index (χ0) is 29.6. The van der Waals surface area contributed by atoms with E-state index in [9.17, 15) is 9.90 Å². The summed E-state index contributed by atoms with van der Waals surface area (Å²) in [5.41, 5.74) is 1.76. The van der Waals surface area contributed by atoms with Crippen molar-refractivity contribution in [1.82, 2.24) is 0 Å². The number of carbonyl (C=O) groups excluding carboxylic acids is 1. The summed E-state index contributed by atoms with van der Waals surface area (Å²) in [5.74, 6) is -0.0229. The number of aliphatic hydroxyl groups excluding tert-OH is 1. The van der Waals surface area contributed by atoms with Crippen molar-refractivity contribution in [3.63, 3.8) is 0 Å². The van der Waals surface area contributed by atoms with Gasteiger partial charge in [-0.25, -0.2) is 4.79 Å². The Labute approximate surface area is 241 Å². The topological polar surface area (TPSA) is 102 Å². The highest BCUT2D eigenvalue weighted by molar-refractivity contribution is 5.97. The van der Waals surface area contributed by atoms with Crippen molar-refractivity contribution in [1.29, 1.82) is 0 Å². The zero-order valence-corrected chi connectivity index (χ0v) is 24.5. The summed E-state index contributed by atoms with van der Waals surface area (Å²) in [6.45, 7) is 7.61. The van der Waals surface area contributed by atoms with Crippen molar-refractivity contribution >= 4 is 12.0 Å². The highest BCUT2D eigenvalue weighted by atomic mass is 16.8. The average molecular weight is 569 g/mol. The number of carbonyl (C=O) groups is 1. The third-order valence-corrected chi connectivity index (χ3v) is 7.08. The van der Waals surface area contributed by atoms with Crippen molar-refractivity contribution in [3.05, 3.63) is 71.3 Å². The predicted octanol–water partition coefficient (Wildman–Crippen LogP) is 5.29. The maximum absolute atomic E-state index is 13.6. The summed E-state index contributed by atoms with van der Waals surface area (Å²) in [6, 6.07) is 11.0. The zero-order valence-electron chi connectivity index (χ0n) is 24.5. The molecule has 2 aromatic rings. The molecular formula is C32H40O9. The van der Waals surface area contributed by atoms with E-state index in [2.05, 4.69) is 0 Å². The molecule has 9 heteroatoms. The predicted molar refractivity (Wildman–Crippen MR) is 153 cm³/mol. The molecule has 0 saturated carbocycles. The Morgan fingerprint density at radius 3 is 2.46 bits per heavy atom. The first-order valence-electron chi connectivity index (χ1n) is 13.7. The first-order valence-corrected chi connectivity index (χ1v) is 13.7. The van der Waals surface area contributed by atoms with Gasteiger partial charge in [0.2, 0.25) is 0 Å². The number of rotatable bonds is 7. The van der Waals surface area contributed by atoms with Crippen LogP contribution in [0.1, 0.15) is 55.6 Å². The van der Waals surface area contributed by atoms with E-state index in [1.54, 1.807) is 25.3 Å². The van der Waals surface area contributed by atoms with Gasteiger partial charge < -0.3 is 38.3 Å². The largest absolute Gasteiger partial charge is 0.497 e. The van der Waals surface area contributed by atoms with Gasteiger partial charge in [0.1, 0.15) is 47.7 Å². The third kappa shape index (κ3) is 7.89. The smallest absolute Gasteiger partial charge is 0.342 e. The molecule has 0 aliphatic carbocycles. The van der Waals surface area contributed by atoms with Gasteiger partial charge in [0.15, 0.2) is 12.6 Å². The van der Waals surface area contributed by atoms with Crippen molar-refractivity contribution in [3.8, 4) is 17.2 Å². The fourth-order valence-electron chi connectivity index (χ4n) is 4.72. The maximum atomic E-state index is 13.6. The van der Waals surface area contributed by atoms with Gasteiger partial charge in [0.25, 0.3) is 0 Å². The molecule has 4 rings (SSSR count). The molecule has 0 amide bonds. The summed E-state index contributed by atoms with van der Waals surface area (Å²) >= 11 is 0. The molecule has 0 radical (unpaired) electrons. The second-order valence-corrected chi connectivity index (χ2v) is 10.7. The van der Waals surface area contributed by atoms with Crippen LogP contribution >= 0.6 is 0 Å². The van der Waals surface area contributed by atoms with Crippen LogP contribution in [0.3, 0.4) is 0 Å². The second-order valence-electron chi connectivity index (χ2n) is 10.7. The number of ether oxygens (including phenoxy) is 7. The number of hydrogen-bond donors (Lipinski definition) is 1. The summed E-state index contributed by atoms with van der Waals surface area (Å²) in [5, 5.41) is 10.9. The lowest BCUT2D eigenvalue weighted by Crippen LogP contribution is -2.34. The quantitative estimate of drug-likeness (QED) is 0.271. The van der Waals surface area contributed by atoms with Crippen molar-refractivity contribution < 1.29 is 43.1 Å². The van der Waals surface area contributed by atoms with Crippen LogP contribution < -0.4 is 14.2 Å². The number of aliphatic hydroxyl groups is 1. The molecule has 2 heterocycles. The Kier molecular flexibility index (Phi) is 10.1. The van der Waals surface area contributed by atoms with E-state index in [0.29, 0.717) is 24.3 Å². The Hall–Kier alpha value is -3.37. The number of benzene rings is 2. The summed E-state index contributed by atoms with van der Waals surface area (Å²) < 4.78 is 40.3. The number of hydrogen-bond acceptors (Lipinski definition) is 9. The fourth-order valence-corrected chi connectivity index (χ4v) is 4.72. The minimum Gasteiger partial charge on any atom is -0.497 e. The van der Waals surface area contributed by atoms with Crippen molar-refractivity contribution in [2.45, 2.75) is 70.9 Å². The van der Waals surface area contributed by atoms with Gasteiger partial charge in [-0.15, -0.1) is 0 Å². The molecule has 1 unspecified atom stereocenters. The molecule has 41 heavy (non-hydrogen) atoms. The van der Waals surface area contributed by atoms with Crippen molar-refractivity contribution in [2.24, 2.45) is 5.92 Å². The molecule has 2 aromatic carbocycles. The summed E-state index contributed by atoms with van der Waals surface area (Å²) in [7, 11) is 3.13. The third-order valence-electron chi connectivity index (χ3n) is 7.08. The van der Waals surface area contributed by atoms with Crippen LogP contribution in [0.5, 0.6) is 17.2 Å². The molecule has 1 saturated heterocycles. The fraction of sp³-hybridized carbons (Fsp3) is 0.469. The van der Waals surface area contributed by atoms with Gasteiger partial charge in [-0.05, 0) is 56.5 Å². The average Bonchev–Trinajstić information content (AvgIpc) is 3.27. The lowest BCUT2D eigenvalue weighted by Gasteiger charge is -2.23. The molecule has 9 nitrogen and oxygen atoms in total. The first-order chi connectivity index (χ1) is 19.6. The lowest BCUT2D eigenvalue weighted by molar-refractivity contribution is -0.152. The summed E-state index contributed by atoms with van der Waals surface area (Å²) in [4.78, 5) is 13.6. The molecule has 0 spiro atoms. The standard InChI is InChI=1S/C32H40O9/c1-20-10-15-26(33)30-27(40-32(3,4)41-30)9-7-8-23-16-25(37-18-22-11-13-24(36-6)14-12-22)17-28(38-19-35-5)29(23)31(34)39-21(20)2/h7-8,10-17,20-21,26-27,30,33H,9,18-19H2,1-6H3/t20-,21+,26+,27+,30?/m1/s1. The normalized spacial score (nSPS) is 25.9. The van der Waals surface area contributed by atoms with Crippen LogP contribution in [0, 0.1) is 5.92 Å². The molecule has 2 aliphatic heterocycles. The molecule has 2 aliphatic rings. The molecule has 1 fully saturated rings. The molecule has 0 aromatic heterocycles. The van der Waals surface area contributed by atoms with Crippen molar-refractivity contribution in [2.75, 3.05) is 21.0 Å². The number of cyclic esters (lactones) is 1. The van der Waals surface area contributed by atoms with Crippen LogP contribution in [0.4, 0.5) is 0 Å². The number of fused-ring (bicyclic) bond motifs is 2. The number of methoxy groups -OCH3 is 2. The van der Waals surface area contributed by atoms with E-state index in [1.165, 1.54) is 7.11 Å². The Morgan fingerprint density at radius 2 is 1.76 bits per heavy atom. The Bertz CT molecular complexity index is 1230. The number of esters is 1. The van der Waals surface area contributed by atoms with Gasteiger partial charge >= 0.3 is 5.97 Å². The maximum Gasteiger partial charge on any atom is 0.342 e. The summed E-state index contributed by atoms with van der Waals surface area (Å²) in [6.07, 6.45) is 5.31. The van der Waals surface area contributed by atoms with E-state index >= 15 is 0 Å². The second kappa shape index (κ2) is 13.5. The van der Waals surface area contributed by atoms with Crippen LogP contribution in [-0.4, -0.2) is 62.3 Å². The Morgan fingerprint density at radius 1 is 1.00 bits per heavy atom. The van der Waals surface area contributed by atoms with Gasteiger partial charge in [-0.2, -0.15) is 0 Å². The molecular weight excluding hydrogens is 528 g/mol. The van der Waals surface area contributed by atoms with Gasteiger partial charge in [-0.1, -0.05) is 43.4 Å². The molecule has 222 valence electrons. The monoisotopic (exact) mass is 568 g/mol. The Balaban J connectivity index is 1.71. The molecule has 0 bridgehead atoms. The van der Waals surface area contributed by atoms with Crippen LogP contribution in [0.25, 0.3) is 6.08 Å². The van der Waals surface area contributed by atoms with Gasteiger partial charge in [0.05, 0.1) is 13.2 Å². The van der Waals surface area contributed by atoms with Crippen LogP contribution in [-0.2, 0) is 25.6 Å². The van der Waals surface area contributed by atoms with E-state index < -0.39 is 36.2 Å². The van der Waals surface area contributed by atoms with Gasteiger partial charge in [-0.3, -0.25) is 0 Å². The van der Waals surface area contributed by atoms with Gasteiger partial charge in [0, 0.05) is 19.1 Å². The highest BCUT2D eigenvalue weighted by Crippen LogP contribution is 2.35. The SMILES string of the molecule is COCOc1cc(OCc2ccc(OC)cc2)cc2c1C(=O)O[C@@H](C)[C@H](C)C=C[C@H](O)C1OC(C)(C)O[C@H]1CC=C2. The molecule has 1 N–H and O–H groups in total. The molecule has 5 atom stereocenters. The van der Waals surface area contributed by atoms with E-state index in [4.69, 9.17) is 33.2 Å². The first kappa shape index (κ1) is 30.6. The minimum atomic E-state index is -0.886. The minimum absolute atomic E-state index is 0.0675. The lowest BCUT2D eigenvalue weighted by atomic mass is 9.99. The van der Waals surface area contributed by atoms with Crippen LogP contribution in [0.15, 0.2) is 54.6 Å². The highest BCUT2D eigenvalue weighted by Gasteiger charge is 2.43. The van der Waals surface area contributed by atoms with E-state index in [-0.39, 0.29) is 24.0 Å².